The van der Waals surface area contributed by atoms with Gasteiger partial charge in [-0.1, -0.05) is 15.9 Å². The Bertz CT molecular complexity index is 1140. The van der Waals surface area contributed by atoms with Gasteiger partial charge < -0.3 is 24.8 Å². The Labute approximate surface area is 193 Å². The molecule has 1 saturated heterocycles. The number of H-pyrrole nitrogens is 1. The number of hydrogen-bond donors (Lipinski definition) is 3. The van der Waals surface area contributed by atoms with Crippen LogP contribution in [0, 0.1) is 5.82 Å². The smallest absolute Gasteiger partial charge is 0.356 e. The number of benzene rings is 2. The Morgan fingerprint density at radius 2 is 1.88 bits per heavy atom. The van der Waals surface area contributed by atoms with Gasteiger partial charge in [0.2, 0.25) is 0 Å². The van der Waals surface area contributed by atoms with E-state index in [9.17, 15) is 14.0 Å². The van der Waals surface area contributed by atoms with Crippen LogP contribution in [0.2, 0.25) is 0 Å². The monoisotopic (exact) mass is 503 g/mol. The Morgan fingerprint density at radius 3 is 2.53 bits per heavy atom. The van der Waals surface area contributed by atoms with Gasteiger partial charge in [-0.2, -0.15) is 0 Å². The number of aromatic nitrogens is 1. The van der Waals surface area contributed by atoms with Gasteiger partial charge in [-0.25, -0.2) is 9.18 Å². The van der Waals surface area contributed by atoms with E-state index < -0.39 is 5.97 Å². The van der Waals surface area contributed by atoms with Gasteiger partial charge in [0.25, 0.3) is 5.91 Å². The number of quaternary nitrogens is 1. The van der Waals surface area contributed by atoms with Crippen molar-refractivity contribution in [2.24, 2.45) is 0 Å². The van der Waals surface area contributed by atoms with E-state index in [-0.39, 0.29) is 23.5 Å². The van der Waals surface area contributed by atoms with Crippen LogP contribution in [0.5, 0.6) is 0 Å². The number of nitrogens with one attached hydrogen (secondary N) is 3. The molecule has 1 amide bonds. The number of anilines is 2. The van der Waals surface area contributed by atoms with Crippen molar-refractivity contribution in [3.63, 3.8) is 0 Å². The number of methoxy groups -OCH3 is 1. The molecular weight excluding hydrogens is 479 g/mol. The SMILES string of the molecule is COC(=O)c1[nH]c2ccc(Br)cc2c1NC(=O)[C@@H](C)[NH+]1CCN(c2ccc(F)cc2)CC1. The molecule has 9 heteroatoms. The van der Waals surface area contributed by atoms with Crippen molar-refractivity contribution in [3.05, 3.63) is 58.4 Å². The predicted octanol–water partition coefficient (Wildman–Crippen LogP) is 2.59. The second-order valence-electron chi connectivity index (χ2n) is 7.89. The summed E-state index contributed by atoms with van der Waals surface area (Å²) in [5, 5.41) is 3.69. The first-order chi connectivity index (χ1) is 15.4. The zero-order valence-electron chi connectivity index (χ0n) is 17.9. The number of carbonyl (C=O) groups is 2. The third-order valence-corrected chi connectivity index (χ3v) is 6.49. The van der Waals surface area contributed by atoms with Gasteiger partial charge >= 0.3 is 5.97 Å². The fraction of sp³-hybridized carbons (Fsp3) is 0.304. The minimum Gasteiger partial charge on any atom is -0.464 e. The number of nitrogens with zero attached hydrogens (tertiary/aromatic N) is 1. The van der Waals surface area contributed by atoms with E-state index in [0.717, 1.165) is 52.1 Å². The number of halogens is 2. The van der Waals surface area contributed by atoms with Crippen LogP contribution in [0.15, 0.2) is 46.9 Å². The van der Waals surface area contributed by atoms with Crippen LogP contribution in [0.3, 0.4) is 0 Å². The second-order valence-corrected chi connectivity index (χ2v) is 8.80. The van der Waals surface area contributed by atoms with Crippen molar-refractivity contribution in [1.82, 2.24) is 4.98 Å². The number of esters is 1. The zero-order valence-corrected chi connectivity index (χ0v) is 19.5. The maximum absolute atomic E-state index is 13.2. The minimum absolute atomic E-state index is 0.165. The summed E-state index contributed by atoms with van der Waals surface area (Å²) in [7, 11) is 1.31. The molecule has 2 heterocycles. The van der Waals surface area contributed by atoms with Crippen molar-refractivity contribution < 1.29 is 23.6 Å². The number of fused-ring (bicyclic) bond motifs is 1. The first-order valence-corrected chi connectivity index (χ1v) is 11.2. The fourth-order valence-electron chi connectivity index (χ4n) is 4.10. The summed E-state index contributed by atoms with van der Waals surface area (Å²) >= 11 is 3.44. The fourth-order valence-corrected chi connectivity index (χ4v) is 4.46. The number of rotatable bonds is 5. The van der Waals surface area contributed by atoms with Crippen LogP contribution >= 0.6 is 15.9 Å². The first-order valence-electron chi connectivity index (χ1n) is 10.4. The van der Waals surface area contributed by atoms with E-state index in [4.69, 9.17) is 4.74 Å². The molecule has 1 fully saturated rings. The van der Waals surface area contributed by atoms with Crippen molar-refractivity contribution in [3.8, 4) is 0 Å². The van der Waals surface area contributed by atoms with Crippen LogP contribution in [-0.4, -0.2) is 56.2 Å². The lowest BCUT2D eigenvalue weighted by Gasteiger charge is -2.36. The number of aromatic amines is 1. The molecule has 0 spiro atoms. The third kappa shape index (κ3) is 4.49. The second kappa shape index (κ2) is 9.30. The largest absolute Gasteiger partial charge is 0.464 e. The predicted molar refractivity (Wildman–Crippen MR) is 125 cm³/mol. The molecule has 0 saturated carbocycles. The molecule has 0 radical (unpaired) electrons. The van der Waals surface area contributed by atoms with Crippen LogP contribution < -0.4 is 15.1 Å². The zero-order chi connectivity index (χ0) is 22.8. The van der Waals surface area contributed by atoms with E-state index in [2.05, 4.69) is 31.1 Å². The Balaban J connectivity index is 1.47. The summed E-state index contributed by atoms with van der Waals surface area (Å²) in [6, 6.07) is 11.7. The number of piperazine rings is 1. The highest BCUT2D eigenvalue weighted by Gasteiger charge is 2.31. The highest BCUT2D eigenvalue weighted by atomic mass is 79.9. The molecule has 7 nitrogen and oxygen atoms in total. The van der Waals surface area contributed by atoms with Crippen LogP contribution in [-0.2, 0) is 9.53 Å². The number of amides is 1. The van der Waals surface area contributed by atoms with Gasteiger partial charge in [-0.05, 0) is 49.4 Å². The number of ether oxygens (including phenoxy) is 1. The van der Waals surface area contributed by atoms with Crippen molar-refractivity contribution >= 4 is 50.1 Å². The third-order valence-electron chi connectivity index (χ3n) is 6.00. The number of carbonyl (C=O) groups excluding carboxylic acids is 2. The summed E-state index contributed by atoms with van der Waals surface area (Å²) in [6.07, 6.45) is 0. The van der Waals surface area contributed by atoms with Gasteiger partial charge in [0.1, 0.15) is 11.5 Å². The lowest BCUT2D eigenvalue weighted by atomic mass is 10.1. The molecule has 1 atom stereocenters. The van der Waals surface area contributed by atoms with Crippen LogP contribution in [0.25, 0.3) is 10.9 Å². The van der Waals surface area contributed by atoms with E-state index in [1.54, 1.807) is 12.1 Å². The quantitative estimate of drug-likeness (QED) is 0.467. The van der Waals surface area contributed by atoms with Crippen LogP contribution in [0.4, 0.5) is 15.8 Å². The van der Waals surface area contributed by atoms with Gasteiger partial charge in [0.15, 0.2) is 6.04 Å². The van der Waals surface area contributed by atoms with Gasteiger partial charge in [0.05, 0.1) is 39.0 Å². The molecule has 3 aromatic rings. The van der Waals surface area contributed by atoms with Crippen LogP contribution in [0.1, 0.15) is 17.4 Å². The molecule has 3 N–H and O–H groups in total. The highest BCUT2D eigenvalue weighted by Crippen LogP contribution is 2.31. The molecular formula is C23H25BrFN4O3+. The van der Waals surface area contributed by atoms with Gasteiger partial charge in [0, 0.05) is 21.1 Å². The van der Waals surface area contributed by atoms with E-state index in [1.165, 1.54) is 19.2 Å². The lowest BCUT2D eigenvalue weighted by Crippen LogP contribution is -3.19. The lowest BCUT2D eigenvalue weighted by molar-refractivity contribution is -0.914. The molecule has 4 rings (SSSR count). The van der Waals surface area contributed by atoms with Gasteiger partial charge in [-0.3, -0.25) is 4.79 Å². The van der Waals surface area contributed by atoms with E-state index >= 15 is 0 Å². The first kappa shape index (κ1) is 22.3. The summed E-state index contributed by atoms with van der Waals surface area (Å²) in [5.41, 5.74) is 2.36. The maximum Gasteiger partial charge on any atom is 0.356 e. The van der Waals surface area contributed by atoms with Crippen molar-refractivity contribution in [2.75, 3.05) is 43.5 Å². The molecule has 1 aromatic heterocycles. The maximum atomic E-state index is 13.2. The Hall–Kier alpha value is -2.91. The average Bonchev–Trinajstić information content (AvgIpc) is 3.16. The minimum atomic E-state index is -0.541. The normalized spacial score (nSPS) is 15.6. The van der Waals surface area contributed by atoms with E-state index in [1.807, 2.05) is 25.1 Å². The summed E-state index contributed by atoms with van der Waals surface area (Å²) < 4.78 is 18.9. The summed E-state index contributed by atoms with van der Waals surface area (Å²) in [6.45, 7) is 4.98. The van der Waals surface area contributed by atoms with Gasteiger partial charge in [-0.15, -0.1) is 0 Å². The molecule has 0 bridgehead atoms. The number of hydrogen-bond acceptors (Lipinski definition) is 4. The van der Waals surface area contributed by atoms with Crippen molar-refractivity contribution in [2.45, 2.75) is 13.0 Å². The molecule has 1 aliphatic rings. The molecule has 1 aliphatic heterocycles. The molecule has 0 aliphatic carbocycles. The topological polar surface area (TPSA) is 78.9 Å². The van der Waals surface area contributed by atoms with Crippen molar-refractivity contribution in [1.29, 1.82) is 0 Å². The Morgan fingerprint density at radius 1 is 1.19 bits per heavy atom. The molecule has 32 heavy (non-hydrogen) atoms. The molecule has 168 valence electrons. The summed E-state index contributed by atoms with van der Waals surface area (Å²) in [5.74, 6) is -0.958. The molecule has 2 aromatic carbocycles. The molecule has 0 unspecified atom stereocenters. The summed E-state index contributed by atoms with van der Waals surface area (Å²) in [4.78, 5) is 31.8. The standard InChI is InChI=1S/C23H24BrFN4O3/c1-14(28-9-11-29(12-10-28)17-6-4-16(25)5-7-17)22(30)27-20-18-13-15(24)3-8-19(18)26-21(20)23(31)32-2/h3-8,13-14,26H,9-12H2,1-2H3,(H,27,30)/p+1/t14-/m1/s1. The Kier molecular flexibility index (Phi) is 6.48. The van der Waals surface area contributed by atoms with E-state index in [0.29, 0.717) is 5.69 Å². The average molecular weight is 504 g/mol. The highest BCUT2D eigenvalue weighted by molar-refractivity contribution is 9.10.